The minimum absolute atomic E-state index is 0.0483. The Morgan fingerprint density at radius 1 is 0.921 bits per heavy atom. The molecule has 4 aliphatic rings. The monoisotopic (exact) mass is 852 g/mol. The number of benzene rings is 3. The number of pyridine rings is 2. The zero-order valence-electron chi connectivity index (χ0n) is 35.7. The third kappa shape index (κ3) is 6.90. The molecule has 0 unspecified atom stereocenters. The molecule has 0 fully saturated rings. The van der Waals surface area contributed by atoms with E-state index in [9.17, 15) is 33.9 Å². The van der Waals surface area contributed by atoms with E-state index in [2.05, 4.69) is 16.0 Å². The SMILES string of the molecule is CC[C@@]1(O)C(=O)OCc2c1cc1n(c2=O)Cc2c-1nc1ccc(NC(=O)[C@H](C)NC(=O)[C@@H](NC(=O)CCN(C)C(=O)OC3c4ccccc4-c4ccccc43)C(C)C)c3c1c2CC3. The summed E-state index contributed by atoms with van der Waals surface area (Å²) in [5, 5.41) is 20.7. The normalized spacial score (nSPS) is 17.5. The van der Waals surface area contributed by atoms with Gasteiger partial charge in [0.15, 0.2) is 11.7 Å². The van der Waals surface area contributed by atoms with Gasteiger partial charge >= 0.3 is 12.1 Å². The molecule has 15 heteroatoms. The summed E-state index contributed by atoms with van der Waals surface area (Å²) in [7, 11) is 1.56. The molecule has 4 amide bonds. The first-order chi connectivity index (χ1) is 30.2. The number of anilines is 1. The molecule has 4 N–H and O–H groups in total. The van der Waals surface area contributed by atoms with Crippen molar-refractivity contribution >= 4 is 46.4 Å². The van der Waals surface area contributed by atoms with E-state index < -0.39 is 53.6 Å². The molecule has 0 radical (unpaired) electrons. The highest BCUT2D eigenvalue weighted by Crippen LogP contribution is 2.46. The molecule has 324 valence electrons. The first-order valence-electron chi connectivity index (χ1n) is 21.3. The van der Waals surface area contributed by atoms with E-state index in [1.807, 2.05) is 48.5 Å². The topological polar surface area (TPSA) is 198 Å². The molecule has 63 heavy (non-hydrogen) atoms. The number of cyclic esters (lactones) is 1. The molecule has 0 saturated carbocycles. The predicted molar refractivity (Wildman–Crippen MR) is 232 cm³/mol. The Morgan fingerprint density at radius 2 is 1.60 bits per heavy atom. The van der Waals surface area contributed by atoms with E-state index in [0.717, 1.165) is 44.3 Å². The van der Waals surface area contributed by atoms with Gasteiger partial charge in [0.25, 0.3) is 5.56 Å². The number of carbonyl (C=O) groups is 5. The van der Waals surface area contributed by atoms with E-state index in [4.69, 9.17) is 14.5 Å². The van der Waals surface area contributed by atoms with Gasteiger partial charge in [-0.25, -0.2) is 14.6 Å². The number of esters is 1. The summed E-state index contributed by atoms with van der Waals surface area (Å²) in [5.41, 5.74) is 7.28. The fourth-order valence-corrected chi connectivity index (χ4v) is 9.42. The van der Waals surface area contributed by atoms with Crippen LogP contribution < -0.4 is 21.5 Å². The van der Waals surface area contributed by atoms with Gasteiger partial charge in [-0.3, -0.25) is 19.2 Å². The van der Waals surface area contributed by atoms with Crippen LogP contribution in [0.1, 0.15) is 85.6 Å². The maximum Gasteiger partial charge on any atom is 0.410 e. The Labute approximate surface area is 362 Å². The number of aliphatic hydroxyl groups is 1. The van der Waals surface area contributed by atoms with Crippen LogP contribution in [0.15, 0.2) is 71.5 Å². The van der Waals surface area contributed by atoms with Gasteiger partial charge in [0.1, 0.15) is 18.7 Å². The van der Waals surface area contributed by atoms with E-state index in [-0.39, 0.29) is 55.1 Å². The van der Waals surface area contributed by atoms with Crippen LogP contribution in [0.2, 0.25) is 0 Å². The minimum Gasteiger partial charge on any atom is -0.458 e. The van der Waals surface area contributed by atoms with E-state index in [1.165, 1.54) is 4.90 Å². The summed E-state index contributed by atoms with van der Waals surface area (Å²) in [5.74, 6) is -2.51. The van der Waals surface area contributed by atoms with Crippen LogP contribution in [0.4, 0.5) is 10.5 Å². The lowest BCUT2D eigenvalue weighted by Gasteiger charge is -2.31. The van der Waals surface area contributed by atoms with Gasteiger partial charge in [0.2, 0.25) is 17.7 Å². The van der Waals surface area contributed by atoms with Gasteiger partial charge in [-0.15, -0.1) is 0 Å². The second-order valence-corrected chi connectivity index (χ2v) is 17.1. The Kier molecular flexibility index (Phi) is 10.4. The van der Waals surface area contributed by atoms with Crippen molar-refractivity contribution in [3.63, 3.8) is 0 Å². The summed E-state index contributed by atoms with van der Waals surface area (Å²) in [4.78, 5) is 86.2. The highest BCUT2D eigenvalue weighted by Gasteiger charge is 2.46. The first-order valence-corrected chi connectivity index (χ1v) is 21.3. The van der Waals surface area contributed by atoms with E-state index in [1.54, 1.807) is 57.5 Å². The van der Waals surface area contributed by atoms with Gasteiger partial charge in [-0.1, -0.05) is 69.3 Å². The summed E-state index contributed by atoms with van der Waals surface area (Å²) < 4.78 is 12.8. The molecule has 0 spiro atoms. The number of nitrogens with zero attached hydrogens (tertiary/aromatic N) is 3. The first kappa shape index (κ1) is 41.5. The molecule has 15 nitrogen and oxygen atoms in total. The van der Waals surface area contributed by atoms with Crippen LogP contribution in [0.5, 0.6) is 0 Å². The highest BCUT2D eigenvalue weighted by atomic mass is 16.6. The summed E-state index contributed by atoms with van der Waals surface area (Å²) in [6.07, 6.45) is 0.0737. The second-order valence-electron chi connectivity index (χ2n) is 17.1. The lowest BCUT2D eigenvalue weighted by Crippen LogP contribution is -2.54. The summed E-state index contributed by atoms with van der Waals surface area (Å²) in [6.45, 7) is 6.93. The number of hydrogen-bond acceptors (Lipinski definition) is 10. The second kappa shape index (κ2) is 15.8. The van der Waals surface area contributed by atoms with Gasteiger partial charge in [-0.05, 0) is 72.6 Å². The third-order valence-electron chi connectivity index (χ3n) is 13.0. The van der Waals surface area contributed by atoms with Crippen molar-refractivity contribution in [2.24, 2.45) is 5.92 Å². The van der Waals surface area contributed by atoms with Crippen LogP contribution in [-0.4, -0.2) is 75.0 Å². The average Bonchev–Trinajstić information content (AvgIpc) is 3.98. The maximum atomic E-state index is 13.7. The molecule has 2 aromatic heterocycles. The Hall–Kier alpha value is -6.87. The fourth-order valence-electron chi connectivity index (χ4n) is 9.42. The van der Waals surface area contributed by atoms with E-state index in [0.29, 0.717) is 35.4 Å². The fraction of sp³-hybridized carbons (Fsp3) is 0.354. The Morgan fingerprint density at radius 3 is 2.29 bits per heavy atom. The smallest absolute Gasteiger partial charge is 0.410 e. The lowest BCUT2D eigenvalue weighted by atomic mass is 9.86. The molecule has 9 rings (SSSR count). The average molecular weight is 853 g/mol. The lowest BCUT2D eigenvalue weighted by molar-refractivity contribution is -0.172. The maximum absolute atomic E-state index is 13.7. The summed E-state index contributed by atoms with van der Waals surface area (Å²) in [6, 6.07) is 18.9. The minimum atomic E-state index is -1.92. The number of fused-ring (bicyclic) bond motifs is 8. The van der Waals surface area contributed by atoms with Crippen molar-refractivity contribution in [3.05, 3.63) is 116 Å². The van der Waals surface area contributed by atoms with Crippen LogP contribution in [0, 0.1) is 5.92 Å². The molecule has 5 aromatic rings. The van der Waals surface area contributed by atoms with Gasteiger partial charge in [0, 0.05) is 53.3 Å². The zero-order valence-corrected chi connectivity index (χ0v) is 35.7. The molecular formula is C48H48N6O9. The number of rotatable bonds is 11. The molecule has 4 heterocycles. The van der Waals surface area contributed by atoms with Crippen LogP contribution >= 0.6 is 0 Å². The Balaban J connectivity index is 0.832. The zero-order chi connectivity index (χ0) is 44.5. The number of hydrogen-bond donors (Lipinski definition) is 4. The summed E-state index contributed by atoms with van der Waals surface area (Å²) >= 11 is 0. The predicted octanol–water partition coefficient (Wildman–Crippen LogP) is 4.99. The highest BCUT2D eigenvalue weighted by molar-refractivity contribution is 6.03. The number of amides is 4. The van der Waals surface area contributed by atoms with Crippen molar-refractivity contribution in [3.8, 4) is 22.5 Å². The number of aryl methyl sites for hydroxylation is 2. The molecule has 3 atom stereocenters. The van der Waals surface area contributed by atoms with Crippen LogP contribution in [-0.2, 0) is 60.2 Å². The number of carbonyl (C=O) groups excluding carboxylic acids is 5. The number of aromatic nitrogens is 2. The number of ether oxygens (including phenoxy) is 2. The van der Waals surface area contributed by atoms with Gasteiger partial charge in [-0.2, -0.15) is 0 Å². The molecule has 2 aliphatic heterocycles. The van der Waals surface area contributed by atoms with Gasteiger partial charge in [0.05, 0.1) is 29.0 Å². The number of nitrogens with one attached hydrogen (secondary N) is 3. The van der Waals surface area contributed by atoms with Crippen molar-refractivity contribution in [2.45, 2.75) is 90.3 Å². The van der Waals surface area contributed by atoms with Crippen molar-refractivity contribution in [2.75, 3.05) is 18.9 Å². The van der Waals surface area contributed by atoms with Gasteiger partial charge < -0.3 is 40.0 Å². The van der Waals surface area contributed by atoms with E-state index >= 15 is 0 Å². The molecule has 2 aliphatic carbocycles. The van der Waals surface area contributed by atoms with Crippen molar-refractivity contribution < 1.29 is 38.6 Å². The molecule has 3 aromatic carbocycles. The van der Waals surface area contributed by atoms with Crippen molar-refractivity contribution in [1.29, 1.82) is 0 Å². The molecular weight excluding hydrogens is 805 g/mol. The molecule has 0 saturated heterocycles. The third-order valence-corrected chi connectivity index (χ3v) is 13.0. The Bertz CT molecular complexity index is 2810. The van der Waals surface area contributed by atoms with Crippen LogP contribution in [0.25, 0.3) is 33.4 Å². The standard InChI is InChI=1S/C48H48N6O9/c1-6-48(61)34-21-37-41-32(22-54(37)45(58)33(34)23-62-46(48)59)28-15-16-31-35(17-18-36(50-41)39(28)31)51-43(56)25(4)49-44(57)40(24(2)3)52-38(55)19-20-53(5)47(60)63-42-29-13-9-7-11-26(29)27-12-8-10-14-30(27)42/h7-14,17-18,21,24-25,40,42,61H,6,15-16,19-20,22-23H2,1-5H3,(H,49,57)(H,51,56)(H,52,55)/t25-,40-,48-/m0/s1. The largest absolute Gasteiger partial charge is 0.458 e. The molecule has 0 bridgehead atoms. The van der Waals surface area contributed by atoms with Crippen LogP contribution in [0.3, 0.4) is 0 Å². The van der Waals surface area contributed by atoms with Crippen molar-refractivity contribution in [1.82, 2.24) is 25.1 Å². The quantitative estimate of drug-likeness (QED) is 0.129.